The van der Waals surface area contributed by atoms with Crippen molar-refractivity contribution < 1.29 is 38.0 Å². The van der Waals surface area contributed by atoms with Gasteiger partial charge in [-0.1, -0.05) is 25.5 Å². The lowest BCUT2D eigenvalue weighted by Crippen LogP contribution is -2.45. The van der Waals surface area contributed by atoms with Gasteiger partial charge in [0.15, 0.2) is 5.79 Å². The Hall–Kier alpha value is -1.62. The molecule has 0 spiro atoms. The van der Waals surface area contributed by atoms with Crippen LogP contribution in [0.2, 0.25) is 0 Å². The summed E-state index contributed by atoms with van der Waals surface area (Å²) in [4.78, 5) is 12.3. The molecular weight excluding hydrogens is 421 g/mol. The molecular formula is C23H34FNO7. The Balaban J connectivity index is 1.50. The molecule has 0 aliphatic carbocycles. The van der Waals surface area contributed by atoms with Crippen molar-refractivity contribution in [1.29, 1.82) is 0 Å². The van der Waals surface area contributed by atoms with Gasteiger partial charge in [-0.2, -0.15) is 0 Å². The van der Waals surface area contributed by atoms with Crippen LogP contribution in [0.5, 0.6) is 0 Å². The Labute approximate surface area is 188 Å². The highest BCUT2D eigenvalue weighted by atomic mass is 19.1. The number of carbonyl (C=O) groups is 1. The van der Waals surface area contributed by atoms with Crippen LogP contribution in [0.15, 0.2) is 24.3 Å². The molecule has 2 heterocycles. The van der Waals surface area contributed by atoms with Gasteiger partial charge < -0.3 is 34.1 Å². The van der Waals surface area contributed by atoms with E-state index in [0.29, 0.717) is 25.4 Å². The van der Waals surface area contributed by atoms with Gasteiger partial charge in [-0.15, -0.1) is 0 Å². The molecule has 2 N–H and O–H groups in total. The number of carbonyl (C=O) groups excluding carboxylic acids is 1. The van der Waals surface area contributed by atoms with E-state index in [9.17, 15) is 14.3 Å². The van der Waals surface area contributed by atoms with Gasteiger partial charge in [0.05, 0.1) is 19.6 Å². The summed E-state index contributed by atoms with van der Waals surface area (Å²) in [5, 5.41) is 13.5. The number of benzene rings is 1. The second kappa shape index (κ2) is 11.0. The van der Waals surface area contributed by atoms with Crippen molar-refractivity contribution in [3.05, 3.63) is 35.6 Å². The summed E-state index contributed by atoms with van der Waals surface area (Å²) in [6, 6.07) is 5.73. The van der Waals surface area contributed by atoms with E-state index in [-0.39, 0.29) is 31.3 Å². The number of fused-ring (bicyclic) bond motifs is 1. The molecule has 32 heavy (non-hydrogen) atoms. The number of aliphatic hydroxyl groups excluding tert-OH is 1. The minimum Gasteiger partial charge on any atom is -0.387 e. The molecule has 180 valence electrons. The van der Waals surface area contributed by atoms with Crippen molar-refractivity contribution in [2.45, 2.75) is 69.9 Å². The molecule has 0 bridgehead atoms. The third kappa shape index (κ3) is 6.46. The maximum absolute atomic E-state index is 13.0. The molecule has 2 aliphatic heterocycles. The smallest absolute Gasteiger partial charge is 0.224 e. The molecule has 3 rings (SSSR count). The van der Waals surface area contributed by atoms with E-state index < -0.39 is 29.9 Å². The summed E-state index contributed by atoms with van der Waals surface area (Å²) >= 11 is 0. The monoisotopic (exact) mass is 455 g/mol. The maximum Gasteiger partial charge on any atom is 0.224 e. The standard InChI is InChI=1S/C23H34FNO7/c1-4-5-10-28-11-12-29-15-23-21(31-22(2,3)32-23)20(27)18(30-23)14-25-19(26)13-16-6-8-17(24)9-7-16/h6-9,18,20-21,27H,4-5,10-15H2,1-3H3,(H,25,26)/t18-,20+,21-,23-/m0/s1. The summed E-state index contributed by atoms with van der Waals surface area (Å²) < 4.78 is 42.2. The van der Waals surface area contributed by atoms with Gasteiger partial charge in [-0.3, -0.25) is 4.79 Å². The van der Waals surface area contributed by atoms with E-state index in [4.69, 9.17) is 23.7 Å². The normalized spacial score (nSPS) is 28.6. The summed E-state index contributed by atoms with van der Waals surface area (Å²) in [6.45, 7) is 7.24. The van der Waals surface area contributed by atoms with Crippen LogP contribution >= 0.6 is 0 Å². The lowest BCUT2D eigenvalue weighted by Gasteiger charge is -2.28. The zero-order valence-electron chi connectivity index (χ0n) is 19.0. The van der Waals surface area contributed by atoms with Crippen LogP contribution in [0, 0.1) is 5.82 Å². The molecule has 2 fully saturated rings. The number of ether oxygens (including phenoxy) is 5. The maximum atomic E-state index is 13.0. The highest BCUT2D eigenvalue weighted by molar-refractivity contribution is 5.78. The first-order valence-corrected chi connectivity index (χ1v) is 11.2. The van der Waals surface area contributed by atoms with Crippen LogP contribution in [-0.2, 0) is 34.9 Å². The molecule has 9 heteroatoms. The fourth-order valence-electron chi connectivity index (χ4n) is 3.89. The van der Waals surface area contributed by atoms with Crippen LogP contribution in [0.1, 0.15) is 39.2 Å². The van der Waals surface area contributed by atoms with Crippen LogP contribution in [0.25, 0.3) is 0 Å². The number of halogens is 1. The molecule has 8 nitrogen and oxygen atoms in total. The summed E-state index contributed by atoms with van der Waals surface area (Å²) in [7, 11) is 0. The number of rotatable bonds is 12. The largest absolute Gasteiger partial charge is 0.387 e. The van der Waals surface area contributed by atoms with Crippen molar-refractivity contribution in [1.82, 2.24) is 5.32 Å². The van der Waals surface area contributed by atoms with E-state index >= 15 is 0 Å². The Morgan fingerprint density at radius 3 is 2.59 bits per heavy atom. The number of hydrogen-bond donors (Lipinski definition) is 2. The fraction of sp³-hybridized carbons (Fsp3) is 0.696. The van der Waals surface area contributed by atoms with E-state index in [1.807, 2.05) is 0 Å². The molecule has 1 amide bonds. The first-order valence-electron chi connectivity index (χ1n) is 11.2. The Bertz CT molecular complexity index is 744. The minimum atomic E-state index is -1.27. The number of nitrogens with one attached hydrogen (secondary N) is 1. The number of hydrogen-bond acceptors (Lipinski definition) is 7. The van der Waals surface area contributed by atoms with E-state index in [0.717, 1.165) is 12.8 Å². The Morgan fingerprint density at radius 1 is 1.16 bits per heavy atom. The van der Waals surface area contributed by atoms with E-state index in [2.05, 4.69) is 12.2 Å². The van der Waals surface area contributed by atoms with Gasteiger partial charge >= 0.3 is 0 Å². The second-order valence-corrected chi connectivity index (χ2v) is 8.62. The molecule has 4 atom stereocenters. The Morgan fingerprint density at radius 2 is 1.88 bits per heavy atom. The topological polar surface area (TPSA) is 95.5 Å². The van der Waals surface area contributed by atoms with Gasteiger partial charge in [0.2, 0.25) is 11.7 Å². The molecule has 0 saturated carbocycles. The highest BCUT2D eigenvalue weighted by Crippen LogP contribution is 2.45. The van der Waals surface area contributed by atoms with E-state index in [1.165, 1.54) is 12.1 Å². The molecule has 2 aliphatic rings. The third-order valence-electron chi connectivity index (χ3n) is 5.40. The number of amides is 1. The predicted molar refractivity (Wildman–Crippen MR) is 113 cm³/mol. The minimum absolute atomic E-state index is 0.0648. The SMILES string of the molecule is CCCCOCCOC[C@@]12O[C@@H](CNC(=O)Cc3ccc(F)cc3)[C@@H](O)[C@@H]1OC(C)(C)O2. The van der Waals surface area contributed by atoms with Crippen molar-refractivity contribution >= 4 is 5.91 Å². The van der Waals surface area contributed by atoms with Gasteiger partial charge in [0.25, 0.3) is 0 Å². The molecule has 1 aromatic rings. The average molecular weight is 456 g/mol. The number of aliphatic hydroxyl groups is 1. The average Bonchev–Trinajstić information content (AvgIpc) is 3.15. The highest BCUT2D eigenvalue weighted by Gasteiger charge is 2.64. The van der Waals surface area contributed by atoms with E-state index in [1.54, 1.807) is 26.0 Å². The Kier molecular flexibility index (Phi) is 8.60. The van der Waals surface area contributed by atoms with Crippen LogP contribution < -0.4 is 5.32 Å². The second-order valence-electron chi connectivity index (χ2n) is 8.62. The van der Waals surface area contributed by atoms with Crippen molar-refractivity contribution in [2.75, 3.05) is 33.0 Å². The third-order valence-corrected chi connectivity index (χ3v) is 5.40. The molecule has 0 unspecified atom stereocenters. The summed E-state index contributed by atoms with van der Waals surface area (Å²) in [6.07, 6.45) is -0.318. The number of unbranched alkanes of at least 4 members (excludes halogenated alkanes) is 1. The van der Waals surface area contributed by atoms with Gasteiger partial charge in [-0.05, 0) is 38.0 Å². The quantitative estimate of drug-likeness (QED) is 0.465. The van der Waals surface area contributed by atoms with Crippen LogP contribution in [0.3, 0.4) is 0 Å². The van der Waals surface area contributed by atoms with Gasteiger partial charge in [-0.25, -0.2) is 4.39 Å². The predicted octanol–water partition coefficient (Wildman–Crippen LogP) is 1.93. The van der Waals surface area contributed by atoms with Crippen LogP contribution in [0.4, 0.5) is 4.39 Å². The summed E-state index contributed by atoms with van der Waals surface area (Å²) in [5.74, 6) is -2.82. The lowest BCUT2D eigenvalue weighted by atomic mass is 10.1. The van der Waals surface area contributed by atoms with Gasteiger partial charge in [0, 0.05) is 13.2 Å². The molecule has 0 aromatic heterocycles. The first-order chi connectivity index (χ1) is 15.2. The molecule has 1 aromatic carbocycles. The van der Waals surface area contributed by atoms with Gasteiger partial charge in [0.1, 0.15) is 30.7 Å². The molecule has 2 saturated heterocycles. The van der Waals surface area contributed by atoms with Crippen molar-refractivity contribution in [2.24, 2.45) is 0 Å². The summed E-state index contributed by atoms with van der Waals surface area (Å²) in [5.41, 5.74) is 0.688. The lowest BCUT2D eigenvalue weighted by molar-refractivity contribution is -0.277. The van der Waals surface area contributed by atoms with Crippen molar-refractivity contribution in [3.8, 4) is 0 Å². The fourth-order valence-corrected chi connectivity index (χ4v) is 3.89. The zero-order chi connectivity index (χ0) is 23.2. The van der Waals surface area contributed by atoms with Crippen LogP contribution in [-0.4, -0.2) is 73.9 Å². The first kappa shape index (κ1) is 25.0. The molecule has 0 radical (unpaired) electrons. The zero-order valence-corrected chi connectivity index (χ0v) is 19.0. The van der Waals surface area contributed by atoms with Crippen molar-refractivity contribution in [3.63, 3.8) is 0 Å².